The molecule has 0 aliphatic carbocycles. The predicted molar refractivity (Wildman–Crippen MR) is 59.5 cm³/mol. The number of pyridine rings is 1. The predicted octanol–water partition coefficient (Wildman–Crippen LogP) is 1.03. The van der Waals surface area contributed by atoms with Crippen LogP contribution in [0.3, 0.4) is 0 Å². The van der Waals surface area contributed by atoms with Gasteiger partial charge in [-0.2, -0.15) is 0 Å². The van der Waals surface area contributed by atoms with Gasteiger partial charge in [-0.1, -0.05) is 6.92 Å². The molecule has 4 heteroatoms. The Morgan fingerprint density at radius 2 is 2.47 bits per heavy atom. The molecule has 2 rings (SSSR count). The minimum atomic E-state index is -0.491. The van der Waals surface area contributed by atoms with Crippen LogP contribution in [0.2, 0.25) is 0 Å². The summed E-state index contributed by atoms with van der Waals surface area (Å²) in [5, 5.41) is 13.7. The van der Waals surface area contributed by atoms with E-state index in [1.807, 2.05) is 25.3 Å². The number of likely N-dealkylation sites (N-methyl/N-ethyl adjacent to an activating group) is 1. The summed E-state index contributed by atoms with van der Waals surface area (Å²) in [6, 6.07) is 3.91. The van der Waals surface area contributed by atoms with Crippen LogP contribution in [0.4, 0.5) is 0 Å². The molecule has 0 spiro atoms. The Balaban J connectivity index is 2.21. The number of nitrogens with one attached hydrogen (secondary N) is 2. The molecule has 0 amide bonds. The van der Waals surface area contributed by atoms with E-state index in [4.69, 9.17) is 0 Å². The lowest BCUT2D eigenvalue weighted by atomic mass is 10.1. The molecule has 1 unspecified atom stereocenters. The van der Waals surface area contributed by atoms with Gasteiger partial charge in [0.2, 0.25) is 0 Å². The number of hydrogen-bond acceptors (Lipinski definition) is 3. The first kappa shape index (κ1) is 10.1. The molecule has 2 aromatic rings. The molecule has 0 saturated heterocycles. The van der Waals surface area contributed by atoms with Gasteiger partial charge in [0.25, 0.3) is 0 Å². The van der Waals surface area contributed by atoms with E-state index in [1.54, 1.807) is 6.20 Å². The Morgan fingerprint density at radius 1 is 1.60 bits per heavy atom. The minimum absolute atomic E-state index is 0.491. The van der Waals surface area contributed by atoms with E-state index in [2.05, 4.69) is 15.3 Å². The quantitative estimate of drug-likeness (QED) is 0.653. The van der Waals surface area contributed by atoms with Crippen molar-refractivity contribution in [1.82, 2.24) is 15.3 Å². The molecule has 0 bridgehead atoms. The van der Waals surface area contributed by atoms with E-state index in [0.29, 0.717) is 6.42 Å². The summed E-state index contributed by atoms with van der Waals surface area (Å²) in [4.78, 5) is 7.28. The van der Waals surface area contributed by atoms with E-state index >= 15 is 0 Å². The van der Waals surface area contributed by atoms with Crippen LogP contribution in [0.25, 0.3) is 11.0 Å². The van der Waals surface area contributed by atoms with Gasteiger partial charge >= 0.3 is 0 Å². The van der Waals surface area contributed by atoms with Crippen LogP contribution in [0.15, 0.2) is 24.5 Å². The first-order valence-electron chi connectivity index (χ1n) is 5.13. The van der Waals surface area contributed by atoms with Gasteiger partial charge in [0.05, 0.1) is 0 Å². The van der Waals surface area contributed by atoms with E-state index in [1.165, 1.54) is 0 Å². The average Bonchev–Trinajstić information content (AvgIpc) is 2.62. The molecule has 0 saturated carbocycles. The van der Waals surface area contributed by atoms with Crippen molar-refractivity contribution in [2.45, 2.75) is 19.6 Å². The fourth-order valence-electron chi connectivity index (χ4n) is 1.70. The standard InChI is InChI=1S/C11H15N3O/c1-2-12-10(15)6-8-7-14-11-9(8)4-3-5-13-11/h3-5,7,10,12,15H,2,6H2,1H3,(H,13,14). The normalized spacial score (nSPS) is 13.2. The molecular formula is C11H15N3O. The van der Waals surface area contributed by atoms with Crippen molar-refractivity contribution >= 4 is 11.0 Å². The van der Waals surface area contributed by atoms with Crippen molar-refractivity contribution in [3.05, 3.63) is 30.1 Å². The highest BCUT2D eigenvalue weighted by Crippen LogP contribution is 2.16. The lowest BCUT2D eigenvalue weighted by Crippen LogP contribution is -2.30. The number of aromatic nitrogens is 2. The molecule has 0 radical (unpaired) electrons. The maximum Gasteiger partial charge on any atom is 0.137 e. The van der Waals surface area contributed by atoms with Crippen LogP contribution in [0.1, 0.15) is 12.5 Å². The van der Waals surface area contributed by atoms with Gasteiger partial charge < -0.3 is 10.1 Å². The molecule has 3 N–H and O–H groups in total. The second-order valence-electron chi connectivity index (χ2n) is 3.49. The zero-order valence-corrected chi connectivity index (χ0v) is 8.70. The van der Waals surface area contributed by atoms with Gasteiger partial charge in [0.15, 0.2) is 0 Å². The Bertz CT molecular complexity index is 438. The smallest absolute Gasteiger partial charge is 0.137 e. The SMILES string of the molecule is CCNC(O)Cc1c[nH]c2ncccc12. The molecule has 0 fully saturated rings. The van der Waals surface area contributed by atoms with Gasteiger partial charge in [0.1, 0.15) is 11.9 Å². The summed E-state index contributed by atoms with van der Waals surface area (Å²) >= 11 is 0. The summed E-state index contributed by atoms with van der Waals surface area (Å²) in [6.45, 7) is 2.74. The topological polar surface area (TPSA) is 60.9 Å². The third-order valence-corrected chi connectivity index (χ3v) is 2.39. The number of aliphatic hydroxyl groups excluding tert-OH is 1. The highest BCUT2D eigenvalue weighted by atomic mass is 16.3. The number of aliphatic hydroxyl groups is 1. The second-order valence-corrected chi connectivity index (χ2v) is 3.49. The summed E-state index contributed by atoms with van der Waals surface area (Å²) in [6.07, 6.45) is 3.76. The number of fused-ring (bicyclic) bond motifs is 1. The number of aromatic amines is 1. The van der Waals surface area contributed by atoms with E-state index in [-0.39, 0.29) is 0 Å². The van der Waals surface area contributed by atoms with Gasteiger partial charge in [-0.15, -0.1) is 0 Å². The van der Waals surface area contributed by atoms with E-state index in [0.717, 1.165) is 23.1 Å². The van der Waals surface area contributed by atoms with Gasteiger partial charge in [-0.3, -0.25) is 5.32 Å². The molecule has 2 aromatic heterocycles. The van der Waals surface area contributed by atoms with Gasteiger partial charge in [-0.05, 0) is 24.2 Å². The summed E-state index contributed by atoms with van der Waals surface area (Å²) < 4.78 is 0. The largest absolute Gasteiger partial charge is 0.378 e. The number of rotatable bonds is 4. The molecule has 1 atom stereocenters. The lowest BCUT2D eigenvalue weighted by Gasteiger charge is -2.09. The van der Waals surface area contributed by atoms with Crippen LogP contribution in [0, 0.1) is 0 Å². The lowest BCUT2D eigenvalue weighted by molar-refractivity contribution is 0.140. The summed E-state index contributed by atoms with van der Waals surface area (Å²) in [7, 11) is 0. The molecule has 0 aromatic carbocycles. The molecule has 4 nitrogen and oxygen atoms in total. The van der Waals surface area contributed by atoms with Crippen LogP contribution >= 0.6 is 0 Å². The van der Waals surface area contributed by atoms with Gasteiger partial charge in [-0.25, -0.2) is 4.98 Å². The first-order valence-corrected chi connectivity index (χ1v) is 5.13. The Labute approximate surface area is 88.3 Å². The molecular weight excluding hydrogens is 190 g/mol. The molecule has 0 aliphatic rings. The Hall–Kier alpha value is -1.39. The highest BCUT2D eigenvalue weighted by molar-refractivity contribution is 5.79. The summed E-state index contributed by atoms with van der Waals surface area (Å²) in [5.74, 6) is 0. The van der Waals surface area contributed by atoms with Crippen LogP contribution in [-0.2, 0) is 6.42 Å². The minimum Gasteiger partial charge on any atom is -0.378 e. The molecule has 15 heavy (non-hydrogen) atoms. The highest BCUT2D eigenvalue weighted by Gasteiger charge is 2.08. The van der Waals surface area contributed by atoms with Crippen molar-refractivity contribution in [2.24, 2.45) is 0 Å². The van der Waals surface area contributed by atoms with E-state index in [9.17, 15) is 5.11 Å². The average molecular weight is 205 g/mol. The third-order valence-electron chi connectivity index (χ3n) is 2.39. The Kier molecular flexibility index (Phi) is 2.99. The van der Waals surface area contributed by atoms with E-state index < -0.39 is 6.23 Å². The maximum absolute atomic E-state index is 9.64. The van der Waals surface area contributed by atoms with Crippen molar-refractivity contribution in [3.63, 3.8) is 0 Å². The van der Waals surface area contributed by atoms with Gasteiger partial charge in [0, 0.05) is 24.2 Å². The second kappa shape index (κ2) is 4.42. The Morgan fingerprint density at radius 3 is 3.27 bits per heavy atom. The monoisotopic (exact) mass is 205 g/mol. The van der Waals surface area contributed by atoms with Crippen molar-refractivity contribution in [3.8, 4) is 0 Å². The zero-order chi connectivity index (χ0) is 10.7. The number of hydrogen-bond donors (Lipinski definition) is 3. The maximum atomic E-state index is 9.64. The first-order chi connectivity index (χ1) is 7.31. The molecule has 2 heterocycles. The fourth-order valence-corrected chi connectivity index (χ4v) is 1.70. The van der Waals surface area contributed by atoms with Crippen LogP contribution in [-0.4, -0.2) is 27.8 Å². The van der Waals surface area contributed by atoms with Crippen LogP contribution < -0.4 is 5.32 Å². The van der Waals surface area contributed by atoms with Crippen molar-refractivity contribution < 1.29 is 5.11 Å². The van der Waals surface area contributed by atoms with Crippen LogP contribution in [0.5, 0.6) is 0 Å². The third kappa shape index (κ3) is 2.16. The van der Waals surface area contributed by atoms with Crippen molar-refractivity contribution in [1.29, 1.82) is 0 Å². The molecule has 0 aliphatic heterocycles. The zero-order valence-electron chi connectivity index (χ0n) is 8.70. The molecule has 80 valence electrons. The fraction of sp³-hybridized carbons (Fsp3) is 0.364. The summed E-state index contributed by atoms with van der Waals surface area (Å²) in [5.41, 5.74) is 1.96. The van der Waals surface area contributed by atoms with Crippen molar-refractivity contribution in [2.75, 3.05) is 6.54 Å². The number of H-pyrrole nitrogens is 1. The number of nitrogens with zero attached hydrogens (tertiary/aromatic N) is 1.